The molecule has 1 aromatic carbocycles. The van der Waals surface area contributed by atoms with E-state index in [1.807, 2.05) is 11.8 Å². The first kappa shape index (κ1) is 15.7. The average molecular weight is 307 g/mol. The van der Waals surface area contributed by atoms with Crippen LogP contribution in [0.1, 0.15) is 42.1 Å². The van der Waals surface area contributed by atoms with Gasteiger partial charge in [-0.1, -0.05) is 24.2 Å². The Balaban J connectivity index is 1.92. The molecule has 114 valence electrons. The Hall–Kier alpha value is -1.69. The van der Waals surface area contributed by atoms with Crippen LogP contribution in [0.4, 0.5) is 0 Å². The molecule has 2 atom stereocenters. The lowest BCUT2D eigenvalue weighted by Gasteiger charge is -2.13. The molecule has 1 aliphatic carbocycles. The van der Waals surface area contributed by atoms with Crippen molar-refractivity contribution >= 4 is 23.5 Å². The van der Waals surface area contributed by atoms with E-state index in [1.165, 1.54) is 6.42 Å². The number of amides is 1. The first-order chi connectivity index (χ1) is 10.1. The van der Waals surface area contributed by atoms with E-state index in [0.29, 0.717) is 16.4 Å². The molecule has 0 aliphatic heterocycles. The Labute approximate surface area is 129 Å². The zero-order valence-electron chi connectivity index (χ0n) is 12.1. The van der Waals surface area contributed by atoms with E-state index >= 15 is 0 Å². The van der Waals surface area contributed by atoms with Crippen molar-refractivity contribution in [1.82, 2.24) is 5.32 Å². The summed E-state index contributed by atoms with van der Waals surface area (Å²) in [6.45, 7) is 2.17. The van der Waals surface area contributed by atoms with E-state index in [4.69, 9.17) is 10.9 Å². The van der Waals surface area contributed by atoms with Gasteiger partial charge in [-0.25, -0.2) is 0 Å². The Morgan fingerprint density at radius 1 is 1.38 bits per heavy atom. The highest BCUT2D eigenvalue weighted by Crippen LogP contribution is 2.29. The van der Waals surface area contributed by atoms with Gasteiger partial charge in [0.25, 0.3) is 5.91 Å². The van der Waals surface area contributed by atoms with Crippen LogP contribution in [0, 0.1) is 0 Å². The van der Waals surface area contributed by atoms with E-state index in [1.54, 1.807) is 24.3 Å². The summed E-state index contributed by atoms with van der Waals surface area (Å²) in [4.78, 5) is 12.2. The van der Waals surface area contributed by atoms with Gasteiger partial charge in [0.1, 0.15) is 0 Å². The van der Waals surface area contributed by atoms with Gasteiger partial charge in [-0.05, 0) is 37.1 Å². The van der Waals surface area contributed by atoms with Gasteiger partial charge >= 0.3 is 0 Å². The molecule has 0 radical (unpaired) electrons. The zero-order valence-corrected chi connectivity index (χ0v) is 12.9. The van der Waals surface area contributed by atoms with Gasteiger partial charge in [-0.2, -0.15) is 11.8 Å². The second kappa shape index (κ2) is 7.36. The molecule has 1 aliphatic rings. The van der Waals surface area contributed by atoms with Crippen molar-refractivity contribution in [2.45, 2.75) is 37.5 Å². The van der Waals surface area contributed by atoms with Gasteiger partial charge in [0.2, 0.25) is 0 Å². The van der Waals surface area contributed by atoms with Crippen LogP contribution in [0.25, 0.3) is 0 Å². The summed E-state index contributed by atoms with van der Waals surface area (Å²) in [5.74, 6) is 1.10. The lowest BCUT2D eigenvalue weighted by atomic mass is 10.1. The third kappa shape index (κ3) is 4.14. The molecular weight excluding hydrogens is 286 g/mol. The van der Waals surface area contributed by atoms with Crippen molar-refractivity contribution in [1.29, 1.82) is 0 Å². The van der Waals surface area contributed by atoms with Crippen molar-refractivity contribution in [3.05, 3.63) is 35.4 Å². The van der Waals surface area contributed by atoms with E-state index in [0.717, 1.165) is 18.6 Å². The molecule has 0 heterocycles. The molecular formula is C15H21N3O2S. The van der Waals surface area contributed by atoms with Gasteiger partial charge in [0, 0.05) is 22.4 Å². The predicted molar refractivity (Wildman–Crippen MR) is 86.0 cm³/mol. The fraction of sp³-hybridized carbons (Fsp3) is 0.467. The maximum Gasteiger partial charge on any atom is 0.251 e. The molecule has 1 aromatic rings. The molecule has 0 saturated heterocycles. The van der Waals surface area contributed by atoms with Crippen LogP contribution < -0.4 is 11.1 Å². The smallest absolute Gasteiger partial charge is 0.251 e. The van der Waals surface area contributed by atoms with Gasteiger partial charge in [-0.3, -0.25) is 4.79 Å². The minimum atomic E-state index is -0.0618. The number of oxime groups is 1. The standard InChI is InChI=1S/C15H21N3O2S/c1-2-21-13-8-7-12(9-13)17-15(19)11-5-3-10(4-6-11)14(16)18-20/h3-6,12-13,20H,2,7-9H2,1H3,(H2,16,18)(H,17,19). The fourth-order valence-electron chi connectivity index (χ4n) is 2.58. The molecule has 4 N–H and O–H groups in total. The number of nitrogens with zero attached hydrogens (tertiary/aromatic N) is 1. The lowest BCUT2D eigenvalue weighted by Crippen LogP contribution is -2.33. The van der Waals surface area contributed by atoms with Gasteiger partial charge in [0.15, 0.2) is 5.84 Å². The number of nitrogens with one attached hydrogen (secondary N) is 1. The minimum Gasteiger partial charge on any atom is -0.409 e. The first-order valence-corrected chi connectivity index (χ1v) is 8.19. The summed E-state index contributed by atoms with van der Waals surface area (Å²) in [7, 11) is 0. The largest absolute Gasteiger partial charge is 0.409 e. The zero-order chi connectivity index (χ0) is 15.2. The van der Waals surface area contributed by atoms with Gasteiger partial charge in [-0.15, -0.1) is 0 Å². The molecule has 0 spiro atoms. The minimum absolute atomic E-state index is 0.0391. The van der Waals surface area contributed by atoms with E-state index in [-0.39, 0.29) is 17.8 Å². The first-order valence-electron chi connectivity index (χ1n) is 7.14. The highest BCUT2D eigenvalue weighted by molar-refractivity contribution is 7.99. The summed E-state index contributed by atoms with van der Waals surface area (Å²) >= 11 is 1.97. The van der Waals surface area contributed by atoms with Crippen LogP contribution in [0.2, 0.25) is 0 Å². The third-order valence-corrected chi connectivity index (χ3v) is 4.91. The molecule has 2 rings (SSSR count). The van der Waals surface area contributed by atoms with Crippen molar-refractivity contribution in [2.24, 2.45) is 10.9 Å². The number of benzene rings is 1. The number of thioether (sulfide) groups is 1. The molecule has 0 bridgehead atoms. The number of hydrogen-bond acceptors (Lipinski definition) is 4. The Morgan fingerprint density at radius 2 is 2.05 bits per heavy atom. The second-order valence-corrected chi connectivity index (χ2v) is 6.70. The Bertz CT molecular complexity index is 516. The summed E-state index contributed by atoms with van der Waals surface area (Å²) in [6, 6.07) is 7.00. The van der Waals surface area contributed by atoms with Gasteiger partial charge in [0.05, 0.1) is 0 Å². The number of hydrogen-bond donors (Lipinski definition) is 3. The summed E-state index contributed by atoms with van der Waals surface area (Å²) in [5.41, 5.74) is 6.68. The molecule has 2 unspecified atom stereocenters. The fourth-order valence-corrected chi connectivity index (χ4v) is 3.72. The lowest BCUT2D eigenvalue weighted by molar-refractivity contribution is 0.0938. The monoisotopic (exact) mass is 307 g/mol. The van der Waals surface area contributed by atoms with Crippen LogP contribution in [0.15, 0.2) is 29.4 Å². The number of amidine groups is 1. The summed E-state index contributed by atoms with van der Waals surface area (Å²) in [6.07, 6.45) is 3.27. The Morgan fingerprint density at radius 3 is 2.67 bits per heavy atom. The average Bonchev–Trinajstić information content (AvgIpc) is 2.94. The second-order valence-electron chi connectivity index (χ2n) is 5.12. The molecule has 5 nitrogen and oxygen atoms in total. The quantitative estimate of drug-likeness (QED) is 0.337. The normalized spacial score (nSPS) is 22.2. The Kier molecular flexibility index (Phi) is 5.50. The number of rotatable bonds is 5. The molecule has 1 amide bonds. The van der Waals surface area contributed by atoms with Crippen LogP contribution in [-0.2, 0) is 0 Å². The van der Waals surface area contributed by atoms with Crippen molar-refractivity contribution in [3.63, 3.8) is 0 Å². The number of carbonyl (C=O) groups excluding carboxylic acids is 1. The van der Waals surface area contributed by atoms with E-state index < -0.39 is 0 Å². The van der Waals surface area contributed by atoms with Crippen LogP contribution >= 0.6 is 11.8 Å². The topological polar surface area (TPSA) is 87.7 Å². The summed E-state index contributed by atoms with van der Waals surface area (Å²) < 4.78 is 0. The van der Waals surface area contributed by atoms with Crippen LogP contribution in [-0.4, -0.2) is 34.0 Å². The van der Waals surface area contributed by atoms with Crippen molar-refractivity contribution in [3.8, 4) is 0 Å². The van der Waals surface area contributed by atoms with Crippen LogP contribution in [0.5, 0.6) is 0 Å². The molecule has 6 heteroatoms. The molecule has 0 aromatic heterocycles. The highest BCUT2D eigenvalue weighted by Gasteiger charge is 2.25. The molecule has 21 heavy (non-hydrogen) atoms. The van der Waals surface area contributed by atoms with E-state index in [2.05, 4.69) is 17.4 Å². The van der Waals surface area contributed by atoms with Crippen molar-refractivity contribution < 1.29 is 10.0 Å². The highest BCUT2D eigenvalue weighted by atomic mass is 32.2. The number of carbonyl (C=O) groups is 1. The predicted octanol–water partition coefficient (Wildman–Crippen LogP) is 2.19. The van der Waals surface area contributed by atoms with Gasteiger partial charge < -0.3 is 16.3 Å². The SMILES string of the molecule is CCSC1CCC(NC(=O)c2ccc(/C(N)=N/O)cc2)C1. The maximum absolute atomic E-state index is 12.2. The molecule has 1 fully saturated rings. The number of nitrogens with two attached hydrogens (primary N) is 1. The van der Waals surface area contributed by atoms with Crippen molar-refractivity contribution in [2.75, 3.05) is 5.75 Å². The van der Waals surface area contributed by atoms with Crippen LogP contribution in [0.3, 0.4) is 0 Å². The third-order valence-electron chi connectivity index (χ3n) is 3.67. The van der Waals surface area contributed by atoms with E-state index in [9.17, 15) is 4.79 Å². The maximum atomic E-state index is 12.2. The molecule has 1 saturated carbocycles. The summed E-state index contributed by atoms with van der Waals surface area (Å²) in [5, 5.41) is 15.3.